The van der Waals surface area contributed by atoms with Gasteiger partial charge in [-0.05, 0) is 48.9 Å². The number of ether oxygens (including phenoxy) is 2. The van der Waals surface area contributed by atoms with Crippen LogP contribution in [0.15, 0.2) is 23.2 Å². The van der Waals surface area contributed by atoms with Crippen LogP contribution in [0.4, 0.5) is 0 Å². The maximum Gasteiger partial charge on any atom is 0.191 e. The minimum Gasteiger partial charge on any atom is -0.493 e. The molecule has 0 radical (unpaired) electrons. The Morgan fingerprint density at radius 3 is 2.44 bits per heavy atom. The van der Waals surface area contributed by atoms with Crippen LogP contribution < -0.4 is 20.1 Å². The minimum absolute atomic E-state index is 0.682. The zero-order valence-electron chi connectivity index (χ0n) is 17.5. The lowest BCUT2D eigenvalue weighted by molar-refractivity contribution is 0.140. The molecular formula is C21H36N4O2. The lowest BCUT2D eigenvalue weighted by atomic mass is 9.92. The van der Waals surface area contributed by atoms with E-state index in [1.165, 1.54) is 19.5 Å². The third-order valence-corrected chi connectivity index (χ3v) is 5.02. The first-order valence-electron chi connectivity index (χ1n) is 9.93. The predicted octanol–water partition coefficient (Wildman–Crippen LogP) is 2.74. The van der Waals surface area contributed by atoms with E-state index in [9.17, 15) is 0 Å². The molecule has 0 amide bonds. The second-order valence-electron chi connectivity index (χ2n) is 7.60. The van der Waals surface area contributed by atoms with Crippen LogP contribution in [0.2, 0.25) is 0 Å². The maximum atomic E-state index is 5.36. The molecule has 1 fully saturated rings. The molecule has 1 aliphatic heterocycles. The zero-order chi connectivity index (χ0) is 19.6. The van der Waals surface area contributed by atoms with Gasteiger partial charge in [-0.3, -0.25) is 4.99 Å². The largest absolute Gasteiger partial charge is 0.493 e. The molecule has 1 aromatic rings. The summed E-state index contributed by atoms with van der Waals surface area (Å²) in [5.74, 6) is 3.94. The van der Waals surface area contributed by atoms with E-state index in [0.717, 1.165) is 54.4 Å². The van der Waals surface area contributed by atoms with Crippen LogP contribution in [-0.2, 0) is 6.54 Å². The number of likely N-dealkylation sites (tertiary alicyclic amines) is 1. The number of rotatable bonds is 8. The highest BCUT2D eigenvalue weighted by Gasteiger charge is 2.20. The van der Waals surface area contributed by atoms with E-state index < -0.39 is 0 Å². The van der Waals surface area contributed by atoms with E-state index in [1.54, 1.807) is 21.3 Å². The molecule has 1 aliphatic rings. The highest BCUT2D eigenvalue weighted by atomic mass is 16.5. The van der Waals surface area contributed by atoms with Crippen LogP contribution in [0.5, 0.6) is 11.5 Å². The highest BCUT2D eigenvalue weighted by Crippen LogP contribution is 2.27. The molecule has 2 unspecified atom stereocenters. The quantitative estimate of drug-likeness (QED) is 0.415. The summed E-state index contributed by atoms with van der Waals surface area (Å²) in [5.41, 5.74) is 1.12. The summed E-state index contributed by atoms with van der Waals surface area (Å²) in [5, 5.41) is 6.77. The molecule has 2 N–H and O–H groups in total. The van der Waals surface area contributed by atoms with Gasteiger partial charge in [0.25, 0.3) is 0 Å². The van der Waals surface area contributed by atoms with E-state index in [4.69, 9.17) is 9.47 Å². The molecule has 1 heterocycles. The molecule has 0 aromatic heterocycles. The van der Waals surface area contributed by atoms with Gasteiger partial charge in [-0.2, -0.15) is 0 Å². The molecule has 6 nitrogen and oxygen atoms in total. The van der Waals surface area contributed by atoms with Gasteiger partial charge in [0.05, 0.1) is 14.2 Å². The second-order valence-corrected chi connectivity index (χ2v) is 7.60. The summed E-state index contributed by atoms with van der Waals surface area (Å²) in [6.07, 6.45) is 2.48. The first kappa shape index (κ1) is 21.4. The van der Waals surface area contributed by atoms with Crippen molar-refractivity contribution in [1.29, 1.82) is 0 Å². The number of nitrogens with zero attached hydrogens (tertiary/aromatic N) is 2. The van der Waals surface area contributed by atoms with E-state index >= 15 is 0 Å². The molecule has 2 rings (SSSR count). The van der Waals surface area contributed by atoms with Crippen LogP contribution in [0.1, 0.15) is 32.3 Å². The standard InChI is InChI=1S/C21H36N4O2/c1-16-11-17(2)15-25(14-16)10-6-9-23-21(22-3)24-13-18-7-8-19(26-4)20(12-18)27-5/h7-8,12,16-17H,6,9-11,13-15H2,1-5H3,(H2,22,23,24). The fourth-order valence-corrected chi connectivity index (χ4v) is 3.88. The van der Waals surface area contributed by atoms with Crippen molar-refractivity contribution in [1.82, 2.24) is 15.5 Å². The van der Waals surface area contributed by atoms with Crippen LogP contribution in [0.3, 0.4) is 0 Å². The summed E-state index contributed by atoms with van der Waals surface area (Å²) in [7, 11) is 5.10. The number of guanidine groups is 1. The van der Waals surface area contributed by atoms with Gasteiger partial charge < -0.3 is 25.0 Å². The van der Waals surface area contributed by atoms with Crippen molar-refractivity contribution >= 4 is 5.96 Å². The summed E-state index contributed by atoms with van der Waals surface area (Å²) in [4.78, 5) is 6.91. The highest BCUT2D eigenvalue weighted by molar-refractivity contribution is 5.79. The van der Waals surface area contributed by atoms with Crippen molar-refractivity contribution in [3.8, 4) is 11.5 Å². The number of nitrogens with one attached hydrogen (secondary N) is 2. The fraction of sp³-hybridized carbons (Fsp3) is 0.667. The Balaban J connectivity index is 1.71. The minimum atomic E-state index is 0.682. The van der Waals surface area contributed by atoms with Crippen LogP contribution in [0.25, 0.3) is 0 Å². The van der Waals surface area contributed by atoms with Crippen LogP contribution >= 0.6 is 0 Å². The average Bonchev–Trinajstić information content (AvgIpc) is 2.66. The number of hydrogen-bond acceptors (Lipinski definition) is 4. The summed E-state index contributed by atoms with van der Waals surface area (Å²) < 4.78 is 10.6. The molecule has 0 saturated carbocycles. The average molecular weight is 377 g/mol. The number of methoxy groups -OCH3 is 2. The molecule has 2 atom stereocenters. The van der Waals surface area contributed by atoms with Crippen molar-refractivity contribution < 1.29 is 9.47 Å². The van der Waals surface area contributed by atoms with Crippen LogP contribution in [-0.4, -0.2) is 58.3 Å². The van der Waals surface area contributed by atoms with Crippen LogP contribution in [0, 0.1) is 11.8 Å². The third kappa shape index (κ3) is 6.94. The van der Waals surface area contributed by atoms with Gasteiger partial charge in [-0.25, -0.2) is 0 Å². The smallest absolute Gasteiger partial charge is 0.191 e. The molecular weight excluding hydrogens is 340 g/mol. The van der Waals surface area contributed by atoms with E-state index in [-0.39, 0.29) is 0 Å². The van der Waals surface area contributed by atoms with Crippen molar-refractivity contribution in [2.75, 3.05) is 47.4 Å². The summed E-state index contributed by atoms with van der Waals surface area (Å²) in [6.45, 7) is 9.94. The van der Waals surface area contributed by atoms with E-state index in [0.29, 0.717) is 6.54 Å². The number of benzene rings is 1. The van der Waals surface area contributed by atoms with Gasteiger partial charge in [0.1, 0.15) is 0 Å². The van der Waals surface area contributed by atoms with Gasteiger partial charge in [-0.15, -0.1) is 0 Å². The number of hydrogen-bond donors (Lipinski definition) is 2. The molecule has 0 bridgehead atoms. The lowest BCUT2D eigenvalue weighted by Crippen LogP contribution is -2.41. The SMILES string of the molecule is CN=C(NCCCN1CC(C)CC(C)C1)NCc1ccc(OC)c(OC)c1. The third-order valence-electron chi connectivity index (χ3n) is 5.02. The normalized spacial score (nSPS) is 21.0. The van der Waals surface area contributed by atoms with Gasteiger partial charge >= 0.3 is 0 Å². The Bertz CT molecular complexity index is 596. The van der Waals surface area contributed by atoms with E-state index in [1.807, 2.05) is 18.2 Å². The Morgan fingerprint density at radius 2 is 1.81 bits per heavy atom. The first-order valence-corrected chi connectivity index (χ1v) is 9.93. The van der Waals surface area contributed by atoms with Crippen molar-refractivity contribution in [2.45, 2.75) is 33.2 Å². The molecule has 152 valence electrons. The van der Waals surface area contributed by atoms with Gasteiger partial charge in [-0.1, -0.05) is 19.9 Å². The molecule has 0 spiro atoms. The van der Waals surface area contributed by atoms with Crippen molar-refractivity contribution in [2.24, 2.45) is 16.8 Å². The predicted molar refractivity (Wildman–Crippen MR) is 112 cm³/mol. The Morgan fingerprint density at radius 1 is 1.11 bits per heavy atom. The van der Waals surface area contributed by atoms with Crippen molar-refractivity contribution in [3.63, 3.8) is 0 Å². The molecule has 27 heavy (non-hydrogen) atoms. The summed E-state index contributed by atoms with van der Waals surface area (Å²) in [6, 6.07) is 5.94. The van der Waals surface area contributed by atoms with Crippen molar-refractivity contribution in [3.05, 3.63) is 23.8 Å². The maximum absolute atomic E-state index is 5.36. The Labute approximate surface area is 164 Å². The van der Waals surface area contributed by atoms with Gasteiger partial charge in [0.15, 0.2) is 17.5 Å². The molecule has 1 saturated heterocycles. The number of piperidine rings is 1. The molecule has 6 heteroatoms. The monoisotopic (exact) mass is 376 g/mol. The Kier molecular flexibility index (Phi) is 8.72. The molecule has 1 aromatic carbocycles. The Hall–Kier alpha value is -1.95. The topological polar surface area (TPSA) is 58.1 Å². The first-order chi connectivity index (χ1) is 13.0. The van der Waals surface area contributed by atoms with E-state index in [2.05, 4.69) is 34.4 Å². The second kappa shape index (κ2) is 11.0. The van der Waals surface area contributed by atoms with Gasteiger partial charge in [0, 0.05) is 33.2 Å². The number of aliphatic imine (C=N–C) groups is 1. The lowest BCUT2D eigenvalue weighted by Gasteiger charge is -2.35. The van der Waals surface area contributed by atoms with Gasteiger partial charge in [0.2, 0.25) is 0 Å². The molecule has 0 aliphatic carbocycles. The fourth-order valence-electron chi connectivity index (χ4n) is 3.88. The zero-order valence-corrected chi connectivity index (χ0v) is 17.5. The summed E-state index contributed by atoms with van der Waals surface area (Å²) >= 11 is 0.